The van der Waals surface area contributed by atoms with Gasteiger partial charge in [-0.15, -0.1) is 11.3 Å². The third kappa shape index (κ3) is 4.58. The lowest BCUT2D eigenvalue weighted by Gasteiger charge is -2.28. The van der Waals surface area contributed by atoms with Crippen LogP contribution in [0.2, 0.25) is 4.34 Å². The molecule has 2 aromatic carbocycles. The number of nitrogens with zero attached hydrogens (tertiary/aromatic N) is 1. The fraction of sp³-hybridized carbons (Fsp3) is 0.200. The average molecular weight is 499 g/mol. The second-order valence-corrected chi connectivity index (χ2v) is 12.5. The van der Waals surface area contributed by atoms with E-state index in [0.717, 1.165) is 22.5 Å². The van der Waals surface area contributed by atoms with Crippen LogP contribution in [0.1, 0.15) is 11.1 Å². The van der Waals surface area contributed by atoms with E-state index in [0.29, 0.717) is 28.7 Å². The monoisotopic (exact) mass is 498 g/mol. The maximum Gasteiger partial charge on any atom is 0.271 e. The van der Waals surface area contributed by atoms with Crippen LogP contribution in [0.15, 0.2) is 63.7 Å². The molecule has 1 N–H and O–H groups in total. The highest BCUT2D eigenvalue weighted by Crippen LogP contribution is 2.30. The summed E-state index contributed by atoms with van der Waals surface area (Å²) in [6.45, 7) is 0.504. The van der Waals surface area contributed by atoms with Crippen molar-refractivity contribution >= 4 is 48.7 Å². The number of rotatable bonds is 6. The second kappa shape index (κ2) is 8.44. The predicted molar refractivity (Wildman–Crippen MR) is 121 cm³/mol. The Hall–Kier alpha value is -2.11. The Balaban J connectivity index is 1.57. The van der Waals surface area contributed by atoms with Gasteiger partial charge in [-0.1, -0.05) is 17.7 Å². The molecule has 0 radical (unpaired) electrons. The van der Waals surface area contributed by atoms with Crippen molar-refractivity contribution in [3.05, 3.63) is 70.1 Å². The van der Waals surface area contributed by atoms with Gasteiger partial charge in [0.1, 0.15) is 9.96 Å². The lowest BCUT2D eigenvalue weighted by atomic mass is 10.0. The lowest BCUT2D eigenvalue weighted by Crippen LogP contribution is -2.36. The minimum Gasteiger partial charge on any atom is -0.497 e. The molecule has 1 aliphatic rings. The summed E-state index contributed by atoms with van der Waals surface area (Å²) in [5.74, 6) is 0.576. The van der Waals surface area contributed by atoms with Gasteiger partial charge in [-0.05, 0) is 66.1 Å². The molecule has 0 aliphatic carbocycles. The summed E-state index contributed by atoms with van der Waals surface area (Å²) in [6, 6.07) is 14.4. The molecule has 164 valence electrons. The number of methoxy groups -OCH3 is 1. The van der Waals surface area contributed by atoms with Gasteiger partial charge >= 0.3 is 0 Å². The van der Waals surface area contributed by atoms with Crippen LogP contribution < -0.4 is 9.46 Å². The third-order valence-corrected chi connectivity index (χ3v) is 9.91. The Bertz CT molecular complexity index is 1320. The van der Waals surface area contributed by atoms with E-state index in [1.165, 1.54) is 35.7 Å². The minimum atomic E-state index is -3.77. The van der Waals surface area contributed by atoms with E-state index in [2.05, 4.69) is 4.72 Å². The molecule has 0 amide bonds. The summed E-state index contributed by atoms with van der Waals surface area (Å²) in [5.41, 5.74) is 2.11. The second-order valence-electron chi connectivity index (χ2n) is 6.91. The molecule has 4 rings (SSSR count). The normalized spacial score (nSPS) is 14.8. The number of thiophene rings is 1. The number of hydrogen-bond donors (Lipinski definition) is 1. The van der Waals surface area contributed by atoms with Crippen LogP contribution in [0.5, 0.6) is 5.75 Å². The highest BCUT2D eigenvalue weighted by atomic mass is 35.5. The number of fused-ring (bicyclic) bond motifs is 1. The van der Waals surface area contributed by atoms with Gasteiger partial charge in [0.15, 0.2) is 0 Å². The molecule has 1 aliphatic heterocycles. The van der Waals surface area contributed by atoms with Crippen molar-refractivity contribution < 1.29 is 21.6 Å². The number of halogens is 1. The van der Waals surface area contributed by atoms with Crippen LogP contribution in [-0.2, 0) is 33.0 Å². The quantitative estimate of drug-likeness (QED) is 0.555. The van der Waals surface area contributed by atoms with Crippen LogP contribution >= 0.6 is 22.9 Å². The molecular formula is C20H19ClN2O5S3. The molecule has 0 saturated carbocycles. The smallest absolute Gasteiger partial charge is 0.271 e. The SMILES string of the molecule is COc1ccc(S(=O)(=O)N2CCc3ccc(NS(=O)(=O)c4ccc(Cl)s4)cc3C2)cc1. The molecule has 1 aromatic heterocycles. The molecule has 0 saturated heterocycles. The Labute approximate surface area is 190 Å². The Morgan fingerprint density at radius 3 is 2.39 bits per heavy atom. The molecule has 0 spiro atoms. The number of sulfonamides is 2. The summed E-state index contributed by atoms with van der Waals surface area (Å²) in [7, 11) is -5.94. The summed E-state index contributed by atoms with van der Waals surface area (Å²) >= 11 is 6.81. The molecule has 0 atom stereocenters. The molecule has 7 nitrogen and oxygen atoms in total. The zero-order valence-corrected chi connectivity index (χ0v) is 19.6. The van der Waals surface area contributed by atoms with E-state index in [4.69, 9.17) is 16.3 Å². The van der Waals surface area contributed by atoms with Gasteiger partial charge in [-0.3, -0.25) is 4.72 Å². The Morgan fingerprint density at radius 2 is 1.74 bits per heavy atom. The molecule has 0 bridgehead atoms. The lowest BCUT2D eigenvalue weighted by molar-refractivity contribution is 0.391. The summed E-state index contributed by atoms with van der Waals surface area (Å²) in [6.07, 6.45) is 0.540. The van der Waals surface area contributed by atoms with Gasteiger partial charge < -0.3 is 4.74 Å². The first kappa shape index (κ1) is 22.1. The van der Waals surface area contributed by atoms with E-state index >= 15 is 0 Å². The van der Waals surface area contributed by atoms with Crippen molar-refractivity contribution in [3.8, 4) is 5.75 Å². The van der Waals surface area contributed by atoms with Gasteiger partial charge in [-0.25, -0.2) is 16.8 Å². The standard InChI is InChI=1S/C20H19ClN2O5S3/c1-28-17-4-6-18(7-5-17)31(26,27)23-11-10-14-2-3-16(12-15(14)13-23)22-30(24,25)20-9-8-19(21)29-20/h2-9,12,22H,10-11,13H2,1H3. The molecule has 31 heavy (non-hydrogen) atoms. The van der Waals surface area contributed by atoms with Crippen LogP contribution in [0.25, 0.3) is 0 Å². The fourth-order valence-corrected chi connectivity index (χ4v) is 7.30. The zero-order valence-electron chi connectivity index (χ0n) is 16.4. The van der Waals surface area contributed by atoms with Gasteiger partial charge in [-0.2, -0.15) is 4.31 Å². The van der Waals surface area contributed by atoms with E-state index < -0.39 is 20.0 Å². The van der Waals surface area contributed by atoms with Gasteiger partial charge in [0.2, 0.25) is 10.0 Å². The topological polar surface area (TPSA) is 92.8 Å². The first-order valence-corrected chi connectivity index (χ1v) is 13.3. The minimum absolute atomic E-state index is 0.110. The van der Waals surface area contributed by atoms with Crippen molar-refractivity contribution in [1.29, 1.82) is 0 Å². The fourth-order valence-electron chi connectivity index (χ4n) is 3.34. The van der Waals surface area contributed by atoms with Crippen molar-refractivity contribution in [2.45, 2.75) is 22.1 Å². The van der Waals surface area contributed by atoms with Gasteiger partial charge in [0.05, 0.1) is 16.3 Å². The van der Waals surface area contributed by atoms with Crippen LogP contribution in [-0.4, -0.2) is 34.8 Å². The number of ether oxygens (including phenoxy) is 1. The molecule has 0 unspecified atom stereocenters. The summed E-state index contributed by atoms with van der Waals surface area (Å²) in [4.78, 5) is 0.184. The maximum absolute atomic E-state index is 13.1. The van der Waals surface area contributed by atoms with Crippen molar-refractivity contribution in [1.82, 2.24) is 4.31 Å². The molecule has 11 heteroatoms. The van der Waals surface area contributed by atoms with E-state index in [-0.39, 0.29) is 15.6 Å². The summed E-state index contributed by atoms with van der Waals surface area (Å²) in [5, 5.41) is 0. The van der Waals surface area contributed by atoms with E-state index in [1.807, 2.05) is 6.07 Å². The van der Waals surface area contributed by atoms with Crippen molar-refractivity contribution in [3.63, 3.8) is 0 Å². The van der Waals surface area contributed by atoms with Gasteiger partial charge in [0.25, 0.3) is 10.0 Å². The van der Waals surface area contributed by atoms with Crippen LogP contribution in [0.3, 0.4) is 0 Å². The Kier molecular flexibility index (Phi) is 6.01. The first-order valence-electron chi connectivity index (χ1n) is 9.23. The van der Waals surface area contributed by atoms with Crippen molar-refractivity contribution in [2.24, 2.45) is 0 Å². The number of hydrogen-bond acceptors (Lipinski definition) is 6. The highest BCUT2D eigenvalue weighted by Gasteiger charge is 2.29. The third-order valence-electron chi connectivity index (χ3n) is 4.95. The van der Waals surface area contributed by atoms with Crippen molar-refractivity contribution in [2.75, 3.05) is 18.4 Å². The van der Waals surface area contributed by atoms with Crippen LogP contribution in [0, 0.1) is 0 Å². The molecular weight excluding hydrogens is 480 g/mol. The number of nitrogens with one attached hydrogen (secondary N) is 1. The molecule has 0 fully saturated rings. The maximum atomic E-state index is 13.1. The first-order chi connectivity index (χ1) is 14.7. The predicted octanol–water partition coefficient (Wildman–Crippen LogP) is 3.96. The number of anilines is 1. The van der Waals surface area contributed by atoms with Crippen LogP contribution in [0.4, 0.5) is 5.69 Å². The molecule has 3 aromatic rings. The van der Waals surface area contributed by atoms with Gasteiger partial charge in [0, 0.05) is 18.8 Å². The average Bonchev–Trinajstić information content (AvgIpc) is 3.20. The highest BCUT2D eigenvalue weighted by molar-refractivity contribution is 7.94. The number of benzene rings is 2. The summed E-state index contributed by atoms with van der Waals surface area (Å²) < 4.78 is 60.8. The van der Waals surface area contributed by atoms with E-state index in [9.17, 15) is 16.8 Å². The molecule has 2 heterocycles. The Morgan fingerprint density at radius 1 is 1.00 bits per heavy atom. The zero-order chi connectivity index (χ0) is 22.2. The van der Waals surface area contributed by atoms with E-state index in [1.54, 1.807) is 24.3 Å². The largest absolute Gasteiger partial charge is 0.497 e.